The molecule has 4 nitrogen and oxygen atoms in total. The molecule has 1 aliphatic heterocycles. The number of hydrogen-bond acceptors (Lipinski definition) is 4. The van der Waals surface area contributed by atoms with E-state index in [4.69, 9.17) is 13.9 Å². The van der Waals surface area contributed by atoms with Crippen LogP contribution in [0, 0.1) is 0 Å². The third-order valence-electron chi connectivity index (χ3n) is 6.36. The number of ether oxygens (including phenoxy) is 2. The largest absolute Gasteiger partial charge is 0.404 e. The van der Waals surface area contributed by atoms with Crippen LogP contribution in [0.2, 0.25) is 5.04 Å². The van der Waals surface area contributed by atoms with E-state index in [-0.39, 0.29) is 24.0 Å². The van der Waals surface area contributed by atoms with Gasteiger partial charge in [-0.25, -0.2) is 0 Å². The Labute approximate surface area is 220 Å². The number of aliphatic hydroxyl groups excluding tert-OH is 1. The third kappa shape index (κ3) is 7.24. The highest BCUT2D eigenvalue weighted by molar-refractivity contribution is 14.1. The lowest BCUT2D eigenvalue weighted by molar-refractivity contribution is -0.155. The van der Waals surface area contributed by atoms with Crippen molar-refractivity contribution in [3.8, 4) is 0 Å². The van der Waals surface area contributed by atoms with Gasteiger partial charge in [0.25, 0.3) is 8.32 Å². The van der Waals surface area contributed by atoms with Gasteiger partial charge in [0.05, 0.1) is 12.7 Å². The Hall–Kier alpha value is -1.03. The van der Waals surface area contributed by atoms with Gasteiger partial charge in [0, 0.05) is 19.6 Å². The van der Waals surface area contributed by atoms with E-state index < -0.39 is 8.32 Å². The Morgan fingerprint density at radius 3 is 2.21 bits per heavy atom. The fraction of sp³-hybridized carbons (Fsp3) is 0.500. The molecule has 34 heavy (non-hydrogen) atoms. The summed E-state index contributed by atoms with van der Waals surface area (Å²) in [6.45, 7) is 8.28. The fourth-order valence-corrected chi connectivity index (χ4v) is 10.1. The monoisotopic (exact) mass is 594 g/mol. The molecule has 0 bridgehead atoms. The van der Waals surface area contributed by atoms with Crippen LogP contribution in [-0.4, -0.2) is 45.6 Å². The molecule has 1 fully saturated rings. The lowest BCUT2D eigenvalue weighted by atomic mass is 10.2. The van der Waals surface area contributed by atoms with E-state index in [2.05, 4.69) is 110 Å². The van der Waals surface area contributed by atoms with E-state index >= 15 is 0 Å². The van der Waals surface area contributed by atoms with E-state index in [9.17, 15) is 5.11 Å². The van der Waals surface area contributed by atoms with Crippen LogP contribution in [0.5, 0.6) is 0 Å². The molecule has 0 spiro atoms. The average molecular weight is 595 g/mol. The Morgan fingerprint density at radius 1 is 1.09 bits per heavy atom. The second-order valence-electron chi connectivity index (χ2n) is 9.90. The Bertz CT molecular complexity index is 837. The molecular weight excluding hydrogens is 555 g/mol. The molecule has 1 saturated heterocycles. The van der Waals surface area contributed by atoms with Gasteiger partial charge in [0.15, 0.2) is 6.29 Å². The van der Waals surface area contributed by atoms with Gasteiger partial charge in [-0.2, -0.15) is 0 Å². The maximum absolute atomic E-state index is 9.91. The first kappa shape index (κ1) is 27.6. The van der Waals surface area contributed by atoms with Gasteiger partial charge >= 0.3 is 0 Å². The van der Waals surface area contributed by atoms with Crippen LogP contribution >= 0.6 is 22.6 Å². The van der Waals surface area contributed by atoms with Gasteiger partial charge in [0.2, 0.25) is 0 Å². The Kier molecular flexibility index (Phi) is 10.8. The van der Waals surface area contributed by atoms with Gasteiger partial charge in [-0.3, -0.25) is 0 Å². The summed E-state index contributed by atoms with van der Waals surface area (Å²) in [5.74, 6) is 0. The van der Waals surface area contributed by atoms with Crippen LogP contribution in [0.25, 0.3) is 0 Å². The first-order valence-electron chi connectivity index (χ1n) is 12.3. The van der Waals surface area contributed by atoms with Gasteiger partial charge in [-0.05, 0) is 73.3 Å². The molecule has 3 rings (SSSR count). The molecule has 6 heteroatoms. The van der Waals surface area contributed by atoms with Crippen molar-refractivity contribution in [2.75, 3.05) is 19.8 Å². The van der Waals surface area contributed by atoms with Crippen LogP contribution in [0.1, 0.15) is 52.9 Å². The van der Waals surface area contributed by atoms with E-state index in [1.807, 2.05) is 0 Å². The second-order valence-corrected chi connectivity index (χ2v) is 15.5. The molecule has 2 aromatic carbocycles. The second kappa shape index (κ2) is 13.3. The summed E-state index contributed by atoms with van der Waals surface area (Å²) >= 11 is 2.39. The quantitative estimate of drug-likeness (QED) is 0.273. The van der Waals surface area contributed by atoms with Crippen molar-refractivity contribution in [3.05, 3.63) is 70.3 Å². The van der Waals surface area contributed by atoms with Crippen molar-refractivity contribution >= 4 is 41.3 Å². The van der Waals surface area contributed by atoms with Crippen molar-refractivity contribution < 1.29 is 19.0 Å². The highest BCUT2D eigenvalue weighted by Gasteiger charge is 2.51. The van der Waals surface area contributed by atoms with Crippen molar-refractivity contribution in [1.82, 2.24) is 0 Å². The molecular formula is C28H39IO4Si. The maximum atomic E-state index is 9.91. The summed E-state index contributed by atoms with van der Waals surface area (Å²) in [5.41, 5.74) is 0. The zero-order chi connectivity index (χ0) is 24.4. The van der Waals surface area contributed by atoms with Gasteiger partial charge in [-0.15, -0.1) is 0 Å². The molecule has 0 aromatic heterocycles. The molecule has 0 saturated carbocycles. The molecule has 2 atom stereocenters. The number of hydrogen-bond donors (Lipinski definition) is 1. The van der Waals surface area contributed by atoms with Crippen molar-refractivity contribution in [3.63, 3.8) is 0 Å². The molecule has 1 heterocycles. The number of rotatable bonds is 11. The number of benzene rings is 2. The van der Waals surface area contributed by atoms with Crippen LogP contribution in [-0.2, 0) is 13.9 Å². The van der Waals surface area contributed by atoms with Crippen molar-refractivity contribution in [2.45, 2.75) is 70.3 Å². The SMILES string of the molecule is CC(C)(C)[Si](OC(CCO)CC(I)=CCOC1CCCCO1)(c1ccccc1)c1ccccc1. The first-order valence-corrected chi connectivity index (χ1v) is 15.3. The normalized spacial score (nSPS) is 18.6. The smallest absolute Gasteiger partial charge is 0.261 e. The molecule has 0 aliphatic carbocycles. The molecule has 0 amide bonds. The molecule has 2 unspecified atom stereocenters. The Balaban J connectivity index is 1.85. The van der Waals surface area contributed by atoms with E-state index in [1.54, 1.807) is 0 Å². The summed E-state index contributed by atoms with van der Waals surface area (Å²) in [7, 11) is -2.67. The van der Waals surface area contributed by atoms with Gasteiger partial charge in [-0.1, -0.05) is 81.4 Å². The third-order valence-corrected chi connectivity index (χ3v) is 12.3. The molecule has 1 aliphatic rings. The lowest BCUT2D eigenvalue weighted by Gasteiger charge is -2.45. The van der Waals surface area contributed by atoms with Crippen LogP contribution in [0.4, 0.5) is 0 Å². The van der Waals surface area contributed by atoms with Gasteiger partial charge in [0.1, 0.15) is 0 Å². The zero-order valence-corrected chi connectivity index (χ0v) is 23.9. The van der Waals surface area contributed by atoms with Crippen molar-refractivity contribution in [1.29, 1.82) is 0 Å². The van der Waals surface area contributed by atoms with Gasteiger partial charge < -0.3 is 19.0 Å². The topological polar surface area (TPSA) is 47.9 Å². The summed E-state index contributed by atoms with van der Waals surface area (Å²) < 4.78 is 20.0. The average Bonchev–Trinajstić information content (AvgIpc) is 2.83. The van der Waals surface area contributed by atoms with Crippen LogP contribution in [0.15, 0.2) is 70.3 Å². The number of halogens is 1. The lowest BCUT2D eigenvalue weighted by Crippen LogP contribution is -2.67. The summed E-state index contributed by atoms with van der Waals surface area (Å²) in [5, 5.41) is 12.3. The molecule has 0 radical (unpaired) electrons. The predicted octanol–water partition coefficient (Wildman–Crippen LogP) is 5.57. The van der Waals surface area contributed by atoms with Crippen molar-refractivity contribution in [2.24, 2.45) is 0 Å². The first-order chi connectivity index (χ1) is 16.4. The highest BCUT2D eigenvalue weighted by atomic mass is 127. The van der Waals surface area contributed by atoms with E-state index in [0.717, 1.165) is 32.3 Å². The van der Waals surface area contributed by atoms with Crippen LogP contribution in [0.3, 0.4) is 0 Å². The molecule has 186 valence electrons. The van der Waals surface area contributed by atoms with Crippen LogP contribution < -0.4 is 10.4 Å². The minimum absolute atomic E-state index is 0.0872. The molecule has 1 N–H and O–H groups in total. The summed E-state index contributed by atoms with van der Waals surface area (Å²) in [6.07, 6.45) is 6.54. The number of aliphatic hydroxyl groups is 1. The maximum Gasteiger partial charge on any atom is 0.261 e. The summed E-state index contributed by atoms with van der Waals surface area (Å²) in [4.78, 5) is 0. The standard InChI is InChI=1S/C28H39IO4Si/c1-28(2,3)34(25-12-6-4-7-13-25,26-14-8-5-9-15-26)33-24(17-19-30)22-23(29)18-21-32-27-16-10-11-20-31-27/h4-9,12-15,18,24,27,30H,10-11,16-17,19-22H2,1-3H3. The van der Waals surface area contributed by atoms with E-state index in [1.165, 1.54) is 14.0 Å². The highest BCUT2D eigenvalue weighted by Crippen LogP contribution is 2.38. The zero-order valence-electron chi connectivity index (χ0n) is 20.7. The predicted molar refractivity (Wildman–Crippen MR) is 150 cm³/mol. The minimum Gasteiger partial charge on any atom is -0.404 e. The minimum atomic E-state index is -2.67. The Morgan fingerprint density at radius 2 is 1.71 bits per heavy atom. The molecule has 2 aromatic rings. The van der Waals surface area contributed by atoms with E-state index in [0.29, 0.717) is 13.0 Å². The fourth-order valence-electron chi connectivity index (χ4n) is 4.68. The summed E-state index contributed by atoms with van der Waals surface area (Å²) in [6, 6.07) is 21.4.